The van der Waals surface area contributed by atoms with Crippen LogP contribution in [-0.2, 0) is 9.59 Å². The van der Waals surface area contributed by atoms with Crippen LogP contribution in [0.15, 0.2) is 36.4 Å². The molecule has 2 saturated heterocycles. The van der Waals surface area contributed by atoms with E-state index in [2.05, 4.69) is 4.90 Å². The van der Waals surface area contributed by atoms with E-state index in [9.17, 15) is 14.0 Å². The molecule has 5 nitrogen and oxygen atoms in total. The number of quaternary nitrogens is 1. The smallest absolute Gasteiger partial charge is 0.237 e. The summed E-state index contributed by atoms with van der Waals surface area (Å²) < 4.78 is 13.0. The second-order valence-corrected chi connectivity index (χ2v) is 7.13. The van der Waals surface area contributed by atoms with Crippen molar-refractivity contribution in [2.45, 2.75) is 12.8 Å². The SMILES string of the molecule is O=C1[C@@H]2CC=CC[C@H]2C(=O)N1C[NH+]1CCN(c2ccc(F)cc2)CC1. The van der Waals surface area contributed by atoms with E-state index in [0.717, 1.165) is 31.9 Å². The van der Waals surface area contributed by atoms with E-state index in [1.165, 1.54) is 21.9 Å². The van der Waals surface area contributed by atoms with E-state index in [4.69, 9.17) is 0 Å². The van der Waals surface area contributed by atoms with Crippen LogP contribution in [0.2, 0.25) is 0 Å². The van der Waals surface area contributed by atoms with Gasteiger partial charge in [0.15, 0.2) is 6.67 Å². The summed E-state index contributed by atoms with van der Waals surface area (Å²) >= 11 is 0. The van der Waals surface area contributed by atoms with Crippen LogP contribution in [0.1, 0.15) is 12.8 Å². The minimum absolute atomic E-state index is 0.00724. The Morgan fingerprint density at radius 1 is 0.960 bits per heavy atom. The van der Waals surface area contributed by atoms with Gasteiger partial charge in [0.2, 0.25) is 11.8 Å². The maximum absolute atomic E-state index is 13.0. The average molecular weight is 344 g/mol. The van der Waals surface area contributed by atoms with Crippen LogP contribution in [0.3, 0.4) is 0 Å². The monoisotopic (exact) mass is 344 g/mol. The Balaban J connectivity index is 1.35. The van der Waals surface area contributed by atoms with Gasteiger partial charge < -0.3 is 9.80 Å². The fourth-order valence-corrected chi connectivity index (χ4v) is 4.14. The topological polar surface area (TPSA) is 45.1 Å². The van der Waals surface area contributed by atoms with Gasteiger partial charge in [0, 0.05) is 5.69 Å². The molecular weight excluding hydrogens is 321 g/mol. The molecule has 6 heteroatoms. The first-order valence-corrected chi connectivity index (χ1v) is 8.98. The number of imide groups is 1. The van der Waals surface area contributed by atoms with E-state index >= 15 is 0 Å². The standard InChI is InChI=1S/C19H22FN3O2/c20-14-5-7-15(8-6-14)22-11-9-21(10-12-22)13-23-18(24)16-3-1-2-4-17(16)19(23)25/h1-2,5-8,16-17H,3-4,9-13H2/p+1/t16-,17-/m1/s1. The number of likely N-dealkylation sites (tertiary alicyclic amines) is 1. The molecule has 1 aromatic rings. The van der Waals surface area contributed by atoms with Crippen molar-refractivity contribution in [3.05, 3.63) is 42.2 Å². The van der Waals surface area contributed by atoms with Crippen molar-refractivity contribution in [2.24, 2.45) is 11.8 Å². The molecule has 0 saturated carbocycles. The molecule has 4 rings (SSSR count). The molecular formula is C19H23FN3O2+. The molecule has 3 aliphatic rings. The van der Waals surface area contributed by atoms with Crippen molar-refractivity contribution in [2.75, 3.05) is 37.7 Å². The summed E-state index contributed by atoms with van der Waals surface area (Å²) in [6.07, 6.45) is 5.42. The van der Waals surface area contributed by atoms with E-state index in [0.29, 0.717) is 19.5 Å². The Bertz CT molecular complexity index is 669. The highest BCUT2D eigenvalue weighted by Gasteiger charge is 2.48. The first-order valence-electron chi connectivity index (χ1n) is 8.98. The number of carbonyl (C=O) groups excluding carboxylic acids is 2. The number of carbonyl (C=O) groups is 2. The van der Waals surface area contributed by atoms with E-state index in [-0.39, 0.29) is 29.5 Å². The van der Waals surface area contributed by atoms with Crippen LogP contribution in [-0.4, -0.2) is 49.6 Å². The van der Waals surface area contributed by atoms with Crippen molar-refractivity contribution in [3.63, 3.8) is 0 Å². The molecule has 0 spiro atoms. The van der Waals surface area contributed by atoms with Crippen molar-refractivity contribution >= 4 is 17.5 Å². The number of halogens is 1. The van der Waals surface area contributed by atoms with Gasteiger partial charge >= 0.3 is 0 Å². The molecule has 2 amide bonds. The third kappa shape index (κ3) is 3.06. The lowest BCUT2D eigenvalue weighted by Gasteiger charge is -2.34. The minimum atomic E-state index is -0.227. The number of piperazine rings is 1. The molecule has 1 aromatic carbocycles. The summed E-state index contributed by atoms with van der Waals surface area (Å²) in [7, 11) is 0. The van der Waals surface area contributed by atoms with Crippen molar-refractivity contribution in [3.8, 4) is 0 Å². The van der Waals surface area contributed by atoms with Gasteiger partial charge in [-0.15, -0.1) is 0 Å². The van der Waals surface area contributed by atoms with Gasteiger partial charge in [-0.05, 0) is 37.1 Å². The lowest BCUT2D eigenvalue weighted by molar-refractivity contribution is -0.908. The number of benzene rings is 1. The fraction of sp³-hybridized carbons (Fsp3) is 0.474. The summed E-state index contributed by atoms with van der Waals surface area (Å²) in [5, 5.41) is 0. The maximum atomic E-state index is 13.0. The van der Waals surface area contributed by atoms with E-state index < -0.39 is 0 Å². The predicted molar refractivity (Wildman–Crippen MR) is 91.4 cm³/mol. The number of allylic oxidation sites excluding steroid dienone is 2. The highest BCUT2D eigenvalue weighted by molar-refractivity contribution is 6.05. The fourth-order valence-electron chi connectivity index (χ4n) is 4.14. The predicted octanol–water partition coefficient (Wildman–Crippen LogP) is 0.439. The number of rotatable bonds is 3. The van der Waals surface area contributed by atoms with E-state index in [1.807, 2.05) is 12.2 Å². The van der Waals surface area contributed by atoms with Gasteiger partial charge in [-0.25, -0.2) is 9.29 Å². The maximum Gasteiger partial charge on any atom is 0.237 e. The number of anilines is 1. The molecule has 0 bridgehead atoms. The molecule has 2 fully saturated rings. The molecule has 1 N–H and O–H groups in total. The molecule has 132 valence electrons. The summed E-state index contributed by atoms with van der Waals surface area (Å²) in [6.45, 7) is 3.88. The Kier molecular flexibility index (Phi) is 4.29. The van der Waals surface area contributed by atoms with Crippen molar-refractivity contribution in [1.82, 2.24) is 4.90 Å². The molecule has 25 heavy (non-hydrogen) atoms. The normalized spacial score (nSPS) is 27.1. The first-order chi connectivity index (χ1) is 12.1. The zero-order valence-electron chi connectivity index (χ0n) is 14.2. The third-order valence-electron chi connectivity index (χ3n) is 5.64. The van der Waals surface area contributed by atoms with Crippen LogP contribution in [0.5, 0.6) is 0 Å². The highest BCUT2D eigenvalue weighted by Crippen LogP contribution is 2.34. The van der Waals surface area contributed by atoms with Gasteiger partial charge in [-0.1, -0.05) is 12.2 Å². The Morgan fingerprint density at radius 2 is 1.52 bits per heavy atom. The number of hydrogen-bond acceptors (Lipinski definition) is 3. The average Bonchev–Trinajstić information content (AvgIpc) is 2.88. The van der Waals surface area contributed by atoms with Gasteiger partial charge in [-0.3, -0.25) is 9.59 Å². The number of amides is 2. The van der Waals surface area contributed by atoms with E-state index in [1.54, 1.807) is 12.1 Å². The summed E-state index contributed by atoms with van der Waals surface area (Å²) in [5.74, 6) is -0.495. The first kappa shape index (κ1) is 16.3. The number of nitrogens with zero attached hydrogens (tertiary/aromatic N) is 2. The second kappa shape index (κ2) is 6.59. The molecule has 2 heterocycles. The highest BCUT2D eigenvalue weighted by atomic mass is 19.1. The lowest BCUT2D eigenvalue weighted by Crippen LogP contribution is -3.16. The Labute approximate surface area is 146 Å². The van der Waals surface area contributed by atoms with Crippen LogP contribution in [0.4, 0.5) is 10.1 Å². The van der Waals surface area contributed by atoms with Crippen LogP contribution < -0.4 is 9.80 Å². The summed E-state index contributed by atoms with van der Waals surface area (Å²) in [6, 6.07) is 6.55. The van der Waals surface area contributed by atoms with Gasteiger partial charge in [0.05, 0.1) is 38.0 Å². The summed E-state index contributed by atoms with van der Waals surface area (Å²) in [4.78, 5) is 30.1. The molecule has 0 radical (unpaired) electrons. The molecule has 1 aliphatic carbocycles. The zero-order valence-corrected chi connectivity index (χ0v) is 14.2. The Morgan fingerprint density at radius 3 is 2.08 bits per heavy atom. The molecule has 2 atom stereocenters. The van der Waals surface area contributed by atoms with Crippen LogP contribution in [0.25, 0.3) is 0 Å². The van der Waals surface area contributed by atoms with Crippen LogP contribution in [0, 0.1) is 17.7 Å². The van der Waals surface area contributed by atoms with Gasteiger partial charge in [0.1, 0.15) is 5.82 Å². The second-order valence-electron chi connectivity index (χ2n) is 7.13. The quantitative estimate of drug-likeness (QED) is 0.639. The van der Waals surface area contributed by atoms with Crippen molar-refractivity contribution in [1.29, 1.82) is 0 Å². The van der Waals surface area contributed by atoms with Crippen LogP contribution >= 0.6 is 0 Å². The van der Waals surface area contributed by atoms with Gasteiger partial charge in [0.25, 0.3) is 0 Å². The third-order valence-corrected chi connectivity index (χ3v) is 5.64. The number of hydrogen-bond donors (Lipinski definition) is 1. The molecule has 0 aromatic heterocycles. The number of nitrogens with one attached hydrogen (secondary N) is 1. The minimum Gasteiger partial charge on any atom is -0.360 e. The largest absolute Gasteiger partial charge is 0.360 e. The Hall–Kier alpha value is -2.21. The number of fused-ring (bicyclic) bond motifs is 1. The van der Waals surface area contributed by atoms with Gasteiger partial charge in [-0.2, -0.15) is 0 Å². The zero-order chi connectivity index (χ0) is 17.4. The summed E-state index contributed by atoms with van der Waals surface area (Å²) in [5.41, 5.74) is 1.02. The molecule has 2 aliphatic heterocycles. The van der Waals surface area contributed by atoms with Crippen molar-refractivity contribution < 1.29 is 18.9 Å². The lowest BCUT2D eigenvalue weighted by atomic mass is 9.85. The molecule has 0 unspecified atom stereocenters.